The van der Waals surface area contributed by atoms with Gasteiger partial charge in [-0.15, -0.1) is 11.8 Å². The third-order valence-electron chi connectivity index (χ3n) is 3.11. The Morgan fingerprint density at radius 3 is 2.30 bits per heavy atom. The van der Waals surface area contributed by atoms with Crippen molar-refractivity contribution in [1.29, 1.82) is 0 Å². The smallest absolute Gasteiger partial charge is 0.140 e. The first-order valence-electron chi connectivity index (χ1n) is 6.80. The topological polar surface area (TPSA) is 21.3 Å². The van der Waals surface area contributed by atoms with Gasteiger partial charge in [-0.1, -0.05) is 20.8 Å². The van der Waals surface area contributed by atoms with Crippen LogP contribution >= 0.6 is 11.8 Å². The van der Waals surface area contributed by atoms with Crippen LogP contribution in [0.1, 0.15) is 26.3 Å². The summed E-state index contributed by atoms with van der Waals surface area (Å²) in [5.74, 6) is -0.591. The van der Waals surface area contributed by atoms with Gasteiger partial charge in [-0.05, 0) is 23.6 Å². The molecular formula is C15H23F2NOS. The van der Waals surface area contributed by atoms with E-state index >= 15 is 0 Å². The van der Waals surface area contributed by atoms with Crippen molar-refractivity contribution in [3.05, 3.63) is 29.3 Å². The second-order valence-corrected chi connectivity index (χ2v) is 6.51. The van der Waals surface area contributed by atoms with Gasteiger partial charge in [-0.25, -0.2) is 8.78 Å². The minimum Gasteiger partial charge on any atom is -0.383 e. The molecule has 0 amide bonds. The molecule has 0 radical (unpaired) electrons. The zero-order valence-corrected chi connectivity index (χ0v) is 13.3. The number of benzene rings is 1. The molecule has 0 aliphatic carbocycles. The summed E-state index contributed by atoms with van der Waals surface area (Å²) in [6.45, 7) is 7.73. The number of thioether (sulfide) groups is 1. The SMILES string of the molecule is COCCNCc1cc(F)c(SC(C)C(C)C)c(F)c1. The summed E-state index contributed by atoms with van der Waals surface area (Å²) < 4.78 is 32.9. The Morgan fingerprint density at radius 1 is 1.20 bits per heavy atom. The first-order valence-corrected chi connectivity index (χ1v) is 7.68. The van der Waals surface area contributed by atoms with E-state index in [0.29, 0.717) is 31.2 Å². The van der Waals surface area contributed by atoms with Gasteiger partial charge < -0.3 is 10.1 Å². The molecule has 5 heteroatoms. The predicted octanol–water partition coefficient (Wildman–Crippen LogP) is 3.84. The van der Waals surface area contributed by atoms with Crippen LogP contribution in [0.15, 0.2) is 17.0 Å². The van der Waals surface area contributed by atoms with Crippen LogP contribution in [0.5, 0.6) is 0 Å². The highest BCUT2D eigenvalue weighted by Gasteiger charge is 2.17. The summed E-state index contributed by atoms with van der Waals surface area (Å²) >= 11 is 1.26. The van der Waals surface area contributed by atoms with Crippen LogP contribution < -0.4 is 5.32 Å². The molecule has 20 heavy (non-hydrogen) atoms. The van der Waals surface area contributed by atoms with Gasteiger partial charge in [-0.3, -0.25) is 0 Å². The summed E-state index contributed by atoms with van der Waals surface area (Å²) in [5, 5.41) is 3.24. The van der Waals surface area contributed by atoms with Crippen LogP contribution in [0.3, 0.4) is 0 Å². The first-order chi connectivity index (χ1) is 9.45. The quantitative estimate of drug-likeness (QED) is 0.582. The second-order valence-electron chi connectivity index (χ2n) is 5.13. The van der Waals surface area contributed by atoms with Gasteiger partial charge in [0.1, 0.15) is 11.6 Å². The number of rotatable bonds is 8. The van der Waals surface area contributed by atoms with Crippen molar-refractivity contribution >= 4 is 11.8 Å². The van der Waals surface area contributed by atoms with Gasteiger partial charge in [0.15, 0.2) is 0 Å². The van der Waals surface area contributed by atoms with Gasteiger partial charge in [0.05, 0.1) is 11.5 Å². The number of methoxy groups -OCH3 is 1. The van der Waals surface area contributed by atoms with Gasteiger partial charge in [0.2, 0.25) is 0 Å². The van der Waals surface area contributed by atoms with Crippen LogP contribution in [-0.4, -0.2) is 25.5 Å². The molecule has 0 bridgehead atoms. The Morgan fingerprint density at radius 2 is 1.80 bits per heavy atom. The van der Waals surface area contributed by atoms with Crippen LogP contribution in [0.2, 0.25) is 0 Å². The lowest BCUT2D eigenvalue weighted by atomic mass is 10.2. The minimum absolute atomic E-state index is 0.117. The zero-order valence-electron chi connectivity index (χ0n) is 12.5. The van der Waals surface area contributed by atoms with Crippen molar-refractivity contribution in [2.75, 3.05) is 20.3 Å². The van der Waals surface area contributed by atoms with E-state index < -0.39 is 11.6 Å². The fourth-order valence-electron chi connectivity index (χ4n) is 1.56. The van der Waals surface area contributed by atoms with Crippen molar-refractivity contribution in [1.82, 2.24) is 5.32 Å². The molecule has 0 aliphatic rings. The first kappa shape index (κ1) is 17.4. The number of nitrogens with one attached hydrogen (secondary N) is 1. The molecule has 2 nitrogen and oxygen atoms in total. The fourth-order valence-corrected chi connectivity index (χ4v) is 2.54. The Balaban J connectivity index is 2.71. The molecule has 0 saturated heterocycles. The van der Waals surface area contributed by atoms with E-state index in [0.717, 1.165) is 0 Å². The van der Waals surface area contributed by atoms with Gasteiger partial charge >= 0.3 is 0 Å². The zero-order chi connectivity index (χ0) is 15.1. The monoisotopic (exact) mass is 303 g/mol. The Hall–Kier alpha value is -0.650. The number of ether oxygens (including phenoxy) is 1. The highest BCUT2D eigenvalue weighted by Crippen LogP contribution is 2.32. The molecule has 0 aromatic heterocycles. The minimum atomic E-state index is -0.481. The molecule has 0 fully saturated rings. The third-order valence-corrected chi connectivity index (χ3v) is 4.65. The van der Waals surface area contributed by atoms with Crippen LogP contribution in [0.25, 0.3) is 0 Å². The molecule has 0 spiro atoms. The maximum Gasteiger partial charge on any atom is 0.140 e. The van der Waals surface area contributed by atoms with E-state index in [1.54, 1.807) is 7.11 Å². The number of hydrogen-bond acceptors (Lipinski definition) is 3. The molecule has 1 unspecified atom stereocenters. The van der Waals surface area contributed by atoms with E-state index in [2.05, 4.69) is 5.32 Å². The molecule has 0 saturated carbocycles. The molecule has 1 aromatic carbocycles. The van der Waals surface area contributed by atoms with Gasteiger partial charge in [0.25, 0.3) is 0 Å². The molecule has 0 aliphatic heterocycles. The van der Waals surface area contributed by atoms with Crippen LogP contribution in [0.4, 0.5) is 8.78 Å². The van der Waals surface area contributed by atoms with Crippen LogP contribution in [0, 0.1) is 17.6 Å². The van der Waals surface area contributed by atoms with Crippen molar-refractivity contribution < 1.29 is 13.5 Å². The summed E-state index contributed by atoms with van der Waals surface area (Å²) in [4.78, 5) is 0.117. The summed E-state index contributed by atoms with van der Waals surface area (Å²) in [5.41, 5.74) is 0.609. The Kier molecular flexibility index (Phi) is 7.48. The summed E-state index contributed by atoms with van der Waals surface area (Å²) in [6, 6.07) is 2.80. The predicted molar refractivity (Wildman–Crippen MR) is 80.1 cm³/mol. The van der Waals surface area contributed by atoms with E-state index in [9.17, 15) is 8.78 Å². The van der Waals surface area contributed by atoms with E-state index in [4.69, 9.17) is 4.74 Å². The molecule has 1 rings (SSSR count). The van der Waals surface area contributed by atoms with Crippen LogP contribution in [-0.2, 0) is 11.3 Å². The normalized spacial score (nSPS) is 12.9. The maximum absolute atomic E-state index is 14.0. The number of halogens is 2. The van der Waals surface area contributed by atoms with Crippen molar-refractivity contribution in [2.24, 2.45) is 5.92 Å². The lowest BCUT2D eigenvalue weighted by Gasteiger charge is -2.16. The molecular weight excluding hydrogens is 280 g/mol. The maximum atomic E-state index is 14.0. The van der Waals surface area contributed by atoms with Gasteiger partial charge in [0, 0.05) is 25.4 Å². The van der Waals surface area contributed by atoms with Gasteiger partial charge in [-0.2, -0.15) is 0 Å². The van der Waals surface area contributed by atoms with E-state index in [1.807, 2.05) is 20.8 Å². The Bertz CT molecular complexity index is 403. The second kappa shape index (κ2) is 8.60. The van der Waals surface area contributed by atoms with Crippen molar-refractivity contribution in [2.45, 2.75) is 37.5 Å². The molecule has 1 aromatic rings. The average Bonchev–Trinajstić information content (AvgIpc) is 2.38. The standard InChI is InChI=1S/C15H23F2NOS/c1-10(2)11(3)20-15-13(16)7-12(8-14(15)17)9-18-5-6-19-4/h7-8,10-11,18H,5-6,9H2,1-4H3. The average molecular weight is 303 g/mol. The molecule has 0 heterocycles. The largest absolute Gasteiger partial charge is 0.383 e. The Labute approximate surface area is 124 Å². The molecule has 1 N–H and O–H groups in total. The summed E-state index contributed by atoms with van der Waals surface area (Å²) in [7, 11) is 1.61. The van der Waals surface area contributed by atoms with Crippen molar-refractivity contribution in [3.63, 3.8) is 0 Å². The lowest BCUT2D eigenvalue weighted by Crippen LogP contribution is -2.18. The fraction of sp³-hybridized carbons (Fsp3) is 0.600. The lowest BCUT2D eigenvalue weighted by molar-refractivity contribution is 0.199. The summed E-state index contributed by atoms with van der Waals surface area (Å²) in [6.07, 6.45) is 0. The van der Waals surface area contributed by atoms with Crippen molar-refractivity contribution in [3.8, 4) is 0 Å². The third kappa shape index (κ3) is 5.38. The number of hydrogen-bond donors (Lipinski definition) is 1. The molecule has 114 valence electrons. The molecule has 1 atom stereocenters. The van der Waals surface area contributed by atoms with E-state index in [1.165, 1.54) is 23.9 Å². The highest BCUT2D eigenvalue weighted by molar-refractivity contribution is 8.00. The van der Waals surface area contributed by atoms with E-state index in [-0.39, 0.29) is 10.1 Å². The highest BCUT2D eigenvalue weighted by atomic mass is 32.2.